The molecule has 1 aliphatic rings. The van der Waals surface area contributed by atoms with Crippen molar-refractivity contribution in [2.75, 3.05) is 6.54 Å². The van der Waals surface area contributed by atoms with Crippen LogP contribution in [0.2, 0.25) is 0 Å². The Bertz CT molecular complexity index is 191. The number of nitrogens with zero attached hydrogens (tertiary/aromatic N) is 1. The van der Waals surface area contributed by atoms with E-state index in [1.807, 2.05) is 0 Å². The first-order valence-corrected chi connectivity index (χ1v) is 6.25. The summed E-state index contributed by atoms with van der Waals surface area (Å²) in [5.74, 6) is 1.07. The first kappa shape index (κ1) is 12.7. The predicted octanol–water partition coefficient (Wildman–Crippen LogP) is 2.72. The summed E-state index contributed by atoms with van der Waals surface area (Å²) in [6, 6.07) is 1.14. The number of aldehydes is 1. The van der Waals surface area contributed by atoms with Crippen LogP contribution in [0.4, 0.5) is 0 Å². The fraction of sp³-hybridized carbons (Fsp3) is 0.923. The summed E-state index contributed by atoms with van der Waals surface area (Å²) >= 11 is 0. The zero-order valence-corrected chi connectivity index (χ0v) is 10.6. The molecule has 15 heavy (non-hydrogen) atoms. The molecule has 0 bridgehead atoms. The third kappa shape index (κ3) is 3.60. The van der Waals surface area contributed by atoms with E-state index in [9.17, 15) is 4.79 Å². The van der Waals surface area contributed by atoms with E-state index in [-0.39, 0.29) is 0 Å². The van der Waals surface area contributed by atoms with Gasteiger partial charge in [-0.15, -0.1) is 0 Å². The van der Waals surface area contributed by atoms with Gasteiger partial charge in [0.25, 0.3) is 0 Å². The molecule has 0 spiro atoms. The summed E-state index contributed by atoms with van der Waals surface area (Å²) in [6.45, 7) is 10.2. The molecule has 1 fully saturated rings. The maximum atomic E-state index is 10.8. The van der Waals surface area contributed by atoms with Crippen LogP contribution in [-0.4, -0.2) is 29.8 Å². The molecule has 0 aromatic heterocycles. The lowest BCUT2D eigenvalue weighted by molar-refractivity contribution is -0.113. The molecule has 1 heterocycles. The van der Waals surface area contributed by atoms with E-state index in [1.54, 1.807) is 0 Å². The minimum absolute atomic E-state index is 0.297. The van der Waals surface area contributed by atoms with E-state index in [2.05, 4.69) is 32.6 Å². The molecule has 2 heteroatoms. The lowest BCUT2D eigenvalue weighted by Crippen LogP contribution is -2.47. The quantitative estimate of drug-likeness (QED) is 0.666. The highest BCUT2D eigenvalue weighted by atomic mass is 16.1. The molecule has 0 N–H and O–H groups in total. The van der Waals surface area contributed by atoms with Gasteiger partial charge in [-0.25, -0.2) is 0 Å². The van der Waals surface area contributed by atoms with Crippen molar-refractivity contribution in [3.63, 3.8) is 0 Å². The smallest absolute Gasteiger partial charge is 0.123 e. The van der Waals surface area contributed by atoms with Gasteiger partial charge in [0, 0.05) is 18.0 Å². The van der Waals surface area contributed by atoms with Crippen LogP contribution in [0.5, 0.6) is 0 Å². The molecule has 0 amide bonds. The van der Waals surface area contributed by atoms with E-state index in [4.69, 9.17) is 0 Å². The van der Waals surface area contributed by atoms with Gasteiger partial charge < -0.3 is 4.79 Å². The zero-order chi connectivity index (χ0) is 11.4. The molecule has 1 saturated heterocycles. The Morgan fingerprint density at radius 2 is 1.80 bits per heavy atom. The van der Waals surface area contributed by atoms with Crippen LogP contribution >= 0.6 is 0 Å². The van der Waals surface area contributed by atoms with Gasteiger partial charge in [-0.3, -0.25) is 4.90 Å². The van der Waals surface area contributed by atoms with Crippen molar-refractivity contribution < 1.29 is 4.79 Å². The summed E-state index contributed by atoms with van der Waals surface area (Å²) in [5, 5.41) is 0. The summed E-state index contributed by atoms with van der Waals surface area (Å²) < 4.78 is 0. The van der Waals surface area contributed by atoms with Gasteiger partial charge in [-0.1, -0.05) is 13.8 Å². The third-order valence-corrected chi connectivity index (χ3v) is 3.58. The van der Waals surface area contributed by atoms with Crippen molar-refractivity contribution in [3.05, 3.63) is 0 Å². The lowest BCUT2D eigenvalue weighted by Gasteiger charge is -2.41. The molecule has 0 aromatic carbocycles. The average molecular weight is 211 g/mol. The number of hydrogen-bond donors (Lipinski definition) is 0. The topological polar surface area (TPSA) is 20.3 Å². The minimum atomic E-state index is 0.297. The molecule has 0 aromatic rings. The van der Waals surface area contributed by atoms with E-state index in [1.165, 1.54) is 13.0 Å². The van der Waals surface area contributed by atoms with Gasteiger partial charge in [0.2, 0.25) is 0 Å². The second-order valence-corrected chi connectivity index (χ2v) is 5.49. The number of rotatable bonds is 4. The first-order chi connectivity index (χ1) is 7.04. The first-order valence-electron chi connectivity index (χ1n) is 6.25. The number of likely N-dealkylation sites (tertiary alicyclic amines) is 1. The Morgan fingerprint density at radius 1 is 1.27 bits per heavy atom. The maximum absolute atomic E-state index is 10.8. The van der Waals surface area contributed by atoms with E-state index in [0.717, 1.165) is 25.0 Å². The third-order valence-electron chi connectivity index (χ3n) is 3.58. The lowest BCUT2D eigenvalue weighted by atomic mass is 9.88. The summed E-state index contributed by atoms with van der Waals surface area (Å²) in [4.78, 5) is 13.4. The van der Waals surface area contributed by atoms with Crippen LogP contribution in [0.1, 0.15) is 47.0 Å². The van der Waals surface area contributed by atoms with Gasteiger partial charge >= 0.3 is 0 Å². The number of piperidine rings is 1. The molecule has 1 rings (SSSR count). The van der Waals surface area contributed by atoms with Crippen molar-refractivity contribution in [2.24, 2.45) is 11.8 Å². The van der Waals surface area contributed by atoms with Gasteiger partial charge in [0.1, 0.15) is 6.29 Å². The zero-order valence-electron chi connectivity index (χ0n) is 10.6. The second kappa shape index (κ2) is 5.64. The van der Waals surface area contributed by atoms with Crippen LogP contribution in [0.15, 0.2) is 0 Å². The Labute approximate surface area is 94.0 Å². The second-order valence-electron chi connectivity index (χ2n) is 5.49. The molecule has 0 radical (unpaired) electrons. The maximum Gasteiger partial charge on any atom is 0.123 e. The monoisotopic (exact) mass is 211 g/mol. The molecular weight excluding hydrogens is 186 g/mol. The average Bonchev–Trinajstić information content (AvgIpc) is 2.15. The molecular formula is C13H25NO. The highest BCUT2D eigenvalue weighted by Crippen LogP contribution is 2.26. The van der Waals surface area contributed by atoms with Gasteiger partial charge in [-0.2, -0.15) is 0 Å². The van der Waals surface area contributed by atoms with Crippen molar-refractivity contribution in [1.29, 1.82) is 0 Å². The molecule has 0 saturated carbocycles. The summed E-state index contributed by atoms with van der Waals surface area (Å²) in [6.07, 6.45) is 4.51. The van der Waals surface area contributed by atoms with Crippen LogP contribution in [0.3, 0.4) is 0 Å². The molecule has 0 aliphatic carbocycles. The highest BCUT2D eigenvalue weighted by Gasteiger charge is 2.30. The van der Waals surface area contributed by atoms with Crippen molar-refractivity contribution in [2.45, 2.75) is 59.0 Å². The number of carbonyl (C=O) groups excluding carboxylic acids is 1. The fourth-order valence-electron chi connectivity index (χ4n) is 2.64. The largest absolute Gasteiger partial charge is 0.303 e. The Morgan fingerprint density at radius 3 is 2.20 bits per heavy atom. The molecule has 2 unspecified atom stereocenters. The van der Waals surface area contributed by atoms with Crippen molar-refractivity contribution in [3.8, 4) is 0 Å². The Hall–Kier alpha value is -0.370. The van der Waals surface area contributed by atoms with Crippen LogP contribution in [0, 0.1) is 11.8 Å². The Balaban J connectivity index is 2.46. The SMILES string of the molecule is CC(C)CCN1C(C)CC(C=O)CC1C. The molecule has 1 aliphatic heterocycles. The summed E-state index contributed by atoms with van der Waals surface area (Å²) in [7, 11) is 0. The van der Waals surface area contributed by atoms with E-state index < -0.39 is 0 Å². The van der Waals surface area contributed by atoms with Crippen molar-refractivity contribution >= 4 is 6.29 Å². The van der Waals surface area contributed by atoms with E-state index in [0.29, 0.717) is 18.0 Å². The number of hydrogen-bond acceptors (Lipinski definition) is 2. The van der Waals surface area contributed by atoms with E-state index >= 15 is 0 Å². The Kier molecular flexibility index (Phi) is 4.78. The molecule has 88 valence electrons. The molecule has 2 atom stereocenters. The standard InChI is InChI=1S/C13H25NO/c1-10(2)5-6-14-11(3)7-13(9-15)8-12(14)4/h9-13H,5-8H2,1-4H3. The van der Waals surface area contributed by atoms with Gasteiger partial charge in [0.15, 0.2) is 0 Å². The summed E-state index contributed by atoms with van der Waals surface area (Å²) in [5.41, 5.74) is 0. The minimum Gasteiger partial charge on any atom is -0.303 e. The van der Waals surface area contributed by atoms with Crippen LogP contribution in [0.25, 0.3) is 0 Å². The van der Waals surface area contributed by atoms with Crippen LogP contribution in [-0.2, 0) is 4.79 Å². The van der Waals surface area contributed by atoms with Crippen LogP contribution < -0.4 is 0 Å². The fourth-order valence-corrected chi connectivity index (χ4v) is 2.64. The predicted molar refractivity (Wildman–Crippen MR) is 63.9 cm³/mol. The highest BCUT2D eigenvalue weighted by molar-refractivity contribution is 5.53. The molecule has 2 nitrogen and oxygen atoms in total. The van der Waals surface area contributed by atoms with Crippen molar-refractivity contribution in [1.82, 2.24) is 4.90 Å². The van der Waals surface area contributed by atoms with Gasteiger partial charge in [-0.05, 0) is 45.6 Å². The number of carbonyl (C=O) groups is 1. The van der Waals surface area contributed by atoms with Gasteiger partial charge in [0.05, 0.1) is 0 Å². The normalized spacial score (nSPS) is 33.3.